The number of carbonyl (C=O) groups excluding carboxylic acids is 2. The molecular weight excluding hydrogens is 400 g/mol. The van der Waals surface area contributed by atoms with Gasteiger partial charge in [0.05, 0.1) is 11.2 Å². The summed E-state index contributed by atoms with van der Waals surface area (Å²) in [4.78, 5) is 29.4. The quantitative estimate of drug-likeness (QED) is 0.448. The highest BCUT2D eigenvalue weighted by Gasteiger charge is 2.14. The maximum Gasteiger partial charge on any atom is 0.225 e. The van der Waals surface area contributed by atoms with Crippen molar-refractivity contribution < 1.29 is 9.59 Å². The zero-order valence-corrected chi connectivity index (χ0v) is 17.1. The molecule has 6 nitrogen and oxygen atoms in total. The molecule has 0 bridgehead atoms. The third-order valence-corrected chi connectivity index (χ3v) is 4.90. The molecule has 2 aromatic heterocycles. The Labute approximate surface area is 178 Å². The molecule has 0 aliphatic heterocycles. The topological polar surface area (TPSA) is 76.9 Å². The number of aromatic nitrogens is 3. The van der Waals surface area contributed by atoms with Crippen molar-refractivity contribution >= 4 is 40.0 Å². The molecule has 2 aromatic carbocycles. The van der Waals surface area contributed by atoms with Gasteiger partial charge in [-0.3, -0.25) is 9.59 Å². The summed E-state index contributed by atoms with van der Waals surface area (Å²) in [7, 11) is 0. The van der Waals surface area contributed by atoms with Crippen LogP contribution in [0.1, 0.15) is 28.9 Å². The summed E-state index contributed by atoms with van der Waals surface area (Å²) in [5.41, 5.74) is 2.12. The molecule has 0 saturated heterocycles. The molecule has 1 amide bonds. The number of anilines is 1. The molecule has 2 heterocycles. The summed E-state index contributed by atoms with van der Waals surface area (Å²) in [6, 6.07) is 20.0. The first-order chi connectivity index (χ1) is 14.5. The Morgan fingerprint density at radius 1 is 1.00 bits per heavy atom. The van der Waals surface area contributed by atoms with E-state index < -0.39 is 0 Å². The fourth-order valence-electron chi connectivity index (χ4n) is 3.15. The summed E-state index contributed by atoms with van der Waals surface area (Å²) in [5.74, 6) is 0.746. The number of para-hydroxylation sites is 1. The number of amides is 1. The Morgan fingerprint density at radius 3 is 2.57 bits per heavy atom. The third-order valence-electron chi connectivity index (χ3n) is 4.65. The first kappa shape index (κ1) is 19.8. The van der Waals surface area contributed by atoms with E-state index in [-0.39, 0.29) is 24.5 Å². The summed E-state index contributed by atoms with van der Waals surface area (Å²) >= 11 is 5.84. The number of hydrogen-bond donors (Lipinski definition) is 1. The highest BCUT2D eigenvalue weighted by Crippen LogP contribution is 2.20. The number of hydrogen-bond acceptors (Lipinski definition) is 4. The number of fused-ring (bicyclic) bond motifs is 1. The molecule has 0 aliphatic rings. The molecular formula is C23H19ClN4O2. The van der Waals surface area contributed by atoms with E-state index >= 15 is 0 Å². The summed E-state index contributed by atoms with van der Waals surface area (Å²) in [6.45, 7) is 1.84. The minimum absolute atomic E-state index is 0.0663. The lowest BCUT2D eigenvalue weighted by Crippen LogP contribution is -2.16. The van der Waals surface area contributed by atoms with Crippen LogP contribution in [-0.4, -0.2) is 26.5 Å². The fourth-order valence-corrected chi connectivity index (χ4v) is 3.27. The number of nitrogens with zero attached hydrogens (tertiary/aromatic N) is 3. The smallest absolute Gasteiger partial charge is 0.225 e. The van der Waals surface area contributed by atoms with E-state index in [4.69, 9.17) is 11.6 Å². The largest absolute Gasteiger partial charge is 0.311 e. The molecule has 0 fully saturated rings. The standard InChI is InChI=1S/C23H19ClN4O2/c1-15-14-22(26-23(30)13-11-20(29)17-6-9-18(24)10-7-17)28(27-15)21-12-8-16-4-2-3-5-19(16)25-21/h2-10,12,14H,11,13H2,1H3,(H,26,30). The zero-order valence-electron chi connectivity index (χ0n) is 16.3. The van der Waals surface area contributed by atoms with Gasteiger partial charge in [-0.15, -0.1) is 0 Å². The molecule has 0 unspecified atom stereocenters. The maximum atomic E-state index is 12.5. The number of rotatable bonds is 6. The lowest BCUT2D eigenvalue weighted by Gasteiger charge is -2.09. The molecule has 0 aliphatic carbocycles. The molecule has 30 heavy (non-hydrogen) atoms. The van der Waals surface area contributed by atoms with Crippen LogP contribution in [0.5, 0.6) is 0 Å². The van der Waals surface area contributed by atoms with Crippen molar-refractivity contribution in [1.82, 2.24) is 14.8 Å². The predicted octanol–water partition coefficient (Wildman–Crippen LogP) is 4.98. The van der Waals surface area contributed by atoms with Crippen LogP contribution < -0.4 is 5.32 Å². The summed E-state index contributed by atoms with van der Waals surface area (Å²) < 4.78 is 1.60. The second kappa shape index (κ2) is 8.47. The van der Waals surface area contributed by atoms with Gasteiger partial charge in [-0.25, -0.2) is 4.98 Å². The van der Waals surface area contributed by atoms with Gasteiger partial charge >= 0.3 is 0 Å². The lowest BCUT2D eigenvalue weighted by atomic mass is 10.1. The average molecular weight is 419 g/mol. The van der Waals surface area contributed by atoms with Gasteiger partial charge in [-0.05, 0) is 49.4 Å². The van der Waals surface area contributed by atoms with Gasteiger partial charge in [0, 0.05) is 34.9 Å². The minimum atomic E-state index is -0.265. The molecule has 0 spiro atoms. The Bertz CT molecular complexity index is 1230. The highest BCUT2D eigenvalue weighted by atomic mass is 35.5. The first-order valence-electron chi connectivity index (χ1n) is 9.51. The first-order valence-corrected chi connectivity index (χ1v) is 9.89. The SMILES string of the molecule is Cc1cc(NC(=O)CCC(=O)c2ccc(Cl)cc2)n(-c2ccc3ccccc3n2)n1. The van der Waals surface area contributed by atoms with Crippen molar-refractivity contribution in [2.45, 2.75) is 19.8 Å². The van der Waals surface area contributed by atoms with E-state index in [2.05, 4.69) is 15.4 Å². The second-order valence-electron chi connectivity index (χ2n) is 6.92. The normalized spacial score (nSPS) is 10.9. The zero-order chi connectivity index (χ0) is 21.1. The maximum absolute atomic E-state index is 12.5. The van der Waals surface area contributed by atoms with E-state index in [1.807, 2.05) is 43.3 Å². The van der Waals surface area contributed by atoms with E-state index in [1.54, 1.807) is 35.0 Å². The van der Waals surface area contributed by atoms with E-state index in [9.17, 15) is 9.59 Å². The molecule has 0 saturated carbocycles. The van der Waals surface area contributed by atoms with Crippen molar-refractivity contribution in [2.75, 3.05) is 5.32 Å². The highest BCUT2D eigenvalue weighted by molar-refractivity contribution is 6.30. The van der Waals surface area contributed by atoms with Crippen LogP contribution in [0.2, 0.25) is 5.02 Å². The number of nitrogens with one attached hydrogen (secondary N) is 1. The number of aryl methyl sites for hydroxylation is 1. The molecule has 4 rings (SSSR count). The van der Waals surface area contributed by atoms with Crippen molar-refractivity contribution in [2.24, 2.45) is 0 Å². The number of ketones is 1. The monoisotopic (exact) mass is 418 g/mol. The Kier molecular flexibility index (Phi) is 5.59. The van der Waals surface area contributed by atoms with E-state index in [1.165, 1.54) is 0 Å². The molecule has 4 aromatic rings. The van der Waals surface area contributed by atoms with Gasteiger partial charge in [-0.2, -0.15) is 9.78 Å². The molecule has 0 atom stereocenters. The Hall–Kier alpha value is -3.51. The Balaban J connectivity index is 1.47. The van der Waals surface area contributed by atoms with Crippen LogP contribution in [0.4, 0.5) is 5.82 Å². The Morgan fingerprint density at radius 2 is 1.77 bits per heavy atom. The number of Topliss-reactive ketones (excluding diaryl/α,β-unsaturated/α-hetero) is 1. The van der Waals surface area contributed by atoms with E-state index in [0.29, 0.717) is 22.2 Å². The van der Waals surface area contributed by atoms with Crippen molar-refractivity contribution in [3.8, 4) is 5.82 Å². The van der Waals surface area contributed by atoms with Crippen LogP contribution >= 0.6 is 11.6 Å². The van der Waals surface area contributed by atoms with Crippen LogP contribution in [0.3, 0.4) is 0 Å². The van der Waals surface area contributed by atoms with Crippen molar-refractivity contribution in [3.63, 3.8) is 0 Å². The third kappa shape index (κ3) is 4.39. The summed E-state index contributed by atoms with van der Waals surface area (Å²) in [6.07, 6.45) is 0.172. The number of halogens is 1. The number of benzene rings is 2. The van der Waals surface area contributed by atoms with Gasteiger partial charge < -0.3 is 5.32 Å². The van der Waals surface area contributed by atoms with Gasteiger partial charge in [0.15, 0.2) is 11.6 Å². The van der Waals surface area contributed by atoms with Crippen LogP contribution in [0.15, 0.2) is 66.7 Å². The lowest BCUT2D eigenvalue weighted by molar-refractivity contribution is -0.116. The average Bonchev–Trinajstić information content (AvgIpc) is 3.12. The molecule has 1 N–H and O–H groups in total. The van der Waals surface area contributed by atoms with Gasteiger partial charge in [0.1, 0.15) is 5.82 Å². The summed E-state index contributed by atoms with van der Waals surface area (Å²) in [5, 5.41) is 8.88. The minimum Gasteiger partial charge on any atom is -0.311 e. The fraction of sp³-hybridized carbons (Fsp3) is 0.130. The second-order valence-corrected chi connectivity index (χ2v) is 7.36. The van der Waals surface area contributed by atoms with Gasteiger partial charge in [0.25, 0.3) is 0 Å². The molecule has 0 radical (unpaired) electrons. The van der Waals surface area contributed by atoms with Crippen LogP contribution in [-0.2, 0) is 4.79 Å². The molecule has 7 heteroatoms. The van der Waals surface area contributed by atoms with Crippen LogP contribution in [0.25, 0.3) is 16.7 Å². The van der Waals surface area contributed by atoms with E-state index in [0.717, 1.165) is 16.6 Å². The van der Waals surface area contributed by atoms with Gasteiger partial charge in [0.2, 0.25) is 5.91 Å². The number of carbonyl (C=O) groups is 2. The van der Waals surface area contributed by atoms with Gasteiger partial charge in [-0.1, -0.05) is 29.8 Å². The van der Waals surface area contributed by atoms with Crippen molar-refractivity contribution in [3.05, 3.63) is 83.0 Å². The number of pyridine rings is 1. The van der Waals surface area contributed by atoms with Crippen LogP contribution in [0, 0.1) is 6.92 Å². The molecule has 150 valence electrons. The van der Waals surface area contributed by atoms with Crippen molar-refractivity contribution in [1.29, 1.82) is 0 Å². The predicted molar refractivity (Wildman–Crippen MR) is 117 cm³/mol.